The summed E-state index contributed by atoms with van der Waals surface area (Å²) in [5.41, 5.74) is 10.1. The molecule has 2 heteroatoms. The number of nitrogens with two attached hydrogens (primary N) is 1. The van der Waals surface area contributed by atoms with Gasteiger partial charge in [-0.2, -0.15) is 0 Å². The summed E-state index contributed by atoms with van der Waals surface area (Å²) in [6.45, 7) is 7.32. The predicted octanol–water partition coefficient (Wildman–Crippen LogP) is 1.96. The van der Waals surface area contributed by atoms with Crippen molar-refractivity contribution >= 4 is 0 Å². The number of aryl methyl sites for hydroxylation is 2. The Hall–Kier alpha value is -0.860. The average molecular weight is 218 g/mol. The standard InChI is InChI=1S/C14H22N2/c1-10-5-11(2)7-12(6-10)14-3-4-16-9-13(14)8-15/h5-7,13-14,16H,3-4,8-9,15H2,1-2H3. The van der Waals surface area contributed by atoms with Crippen LogP contribution in [0.25, 0.3) is 0 Å². The van der Waals surface area contributed by atoms with Gasteiger partial charge in [0.2, 0.25) is 0 Å². The van der Waals surface area contributed by atoms with Crippen LogP contribution in [0.2, 0.25) is 0 Å². The first-order valence-corrected chi connectivity index (χ1v) is 6.19. The van der Waals surface area contributed by atoms with Crippen molar-refractivity contribution in [2.45, 2.75) is 26.2 Å². The second-order valence-electron chi connectivity index (χ2n) is 5.02. The fourth-order valence-electron chi connectivity index (χ4n) is 2.83. The zero-order valence-corrected chi connectivity index (χ0v) is 10.3. The molecule has 1 aromatic rings. The second-order valence-corrected chi connectivity index (χ2v) is 5.02. The van der Waals surface area contributed by atoms with Crippen LogP contribution in [0.1, 0.15) is 29.0 Å². The Kier molecular flexibility index (Phi) is 3.62. The monoisotopic (exact) mass is 218 g/mol. The minimum Gasteiger partial charge on any atom is -0.330 e. The van der Waals surface area contributed by atoms with E-state index < -0.39 is 0 Å². The molecule has 0 saturated carbocycles. The van der Waals surface area contributed by atoms with Crippen molar-refractivity contribution in [1.29, 1.82) is 0 Å². The number of hydrogen-bond acceptors (Lipinski definition) is 2. The highest BCUT2D eigenvalue weighted by molar-refractivity contribution is 5.31. The molecule has 1 aromatic carbocycles. The quantitative estimate of drug-likeness (QED) is 0.796. The molecule has 88 valence electrons. The first kappa shape index (κ1) is 11.6. The molecular weight excluding hydrogens is 196 g/mol. The van der Waals surface area contributed by atoms with Crippen LogP contribution in [-0.4, -0.2) is 19.6 Å². The van der Waals surface area contributed by atoms with Crippen LogP contribution < -0.4 is 11.1 Å². The molecular formula is C14H22N2. The smallest absolute Gasteiger partial charge is 0.000257 e. The molecule has 3 N–H and O–H groups in total. The van der Waals surface area contributed by atoms with Crippen LogP contribution in [-0.2, 0) is 0 Å². The van der Waals surface area contributed by atoms with E-state index in [1.54, 1.807) is 0 Å². The number of hydrogen-bond donors (Lipinski definition) is 2. The molecule has 1 saturated heterocycles. The van der Waals surface area contributed by atoms with Gasteiger partial charge in [-0.3, -0.25) is 0 Å². The molecule has 1 heterocycles. The molecule has 1 fully saturated rings. The third kappa shape index (κ3) is 2.45. The summed E-state index contributed by atoms with van der Waals surface area (Å²) in [6, 6.07) is 6.89. The summed E-state index contributed by atoms with van der Waals surface area (Å²) < 4.78 is 0. The van der Waals surface area contributed by atoms with Gasteiger partial charge in [-0.15, -0.1) is 0 Å². The van der Waals surface area contributed by atoms with Crippen LogP contribution in [0.15, 0.2) is 18.2 Å². The maximum Gasteiger partial charge on any atom is -0.000257 e. The van der Waals surface area contributed by atoms with Gasteiger partial charge in [0.05, 0.1) is 0 Å². The van der Waals surface area contributed by atoms with E-state index in [0.29, 0.717) is 11.8 Å². The number of piperidine rings is 1. The second kappa shape index (κ2) is 4.98. The van der Waals surface area contributed by atoms with Gasteiger partial charge in [-0.1, -0.05) is 29.3 Å². The molecule has 0 spiro atoms. The summed E-state index contributed by atoms with van der Waals surface area (Å²) in [4.78, 5) is 0. The molecule has 16 heavy (non-hydrogen) atoms. The Bertz CT molecular complexity index is 340. The Labute approximate surface area is 98.2 Å². The van der Waals surface area contributed by atoms with Crippen LogP contribution in [0, 0.1) is 19.8 Å². The fraction of sp³-hybridized carbons (Fsp3) is 0.571. The lowest BCUT2D eigenvalue weighted by Crippen LogP contribution is -2.39. The first-order valence-electron chi connectivity index (χ1n) is 6.19. The van der Waals surface area contributed by atoms with E-state index in [2.05, 4.69) is 37.4 Å². The van der Waals surface area contributed by atoms with Gasteiger partial charge >= 0.3 is 0 Å². The Balaban J connectivity index is 2.26. The Morgan fingerprint density at radius 3 is 2.56 bits per heavy atom. The van der Waals surface area contributed by atoms with Crippen molar-refractivity contribution in [2.24, 2.45) is 11.7 Å². The summed E-state index contributed by atoms with van der Waals surface area (Å²) >= 11 is 0. The minimum absolute atomic E-state index is 0.593. The van der Waals surface area contributed by atoms with Crippen molar-refractivity contribution in [3.63, 3.8) is 0 Å². The summed E-state index contributed by atoms with van der Waals surface area (Å²) in [5.74, 6) is 1.24. The Morgan fingerprint density at radius 1 is 1.25 bits per heavy atom. The van der Waals surface area contributed by atoms with Gasteiger partial charge in [0.15, 0.2) is 0 Å². The summed E-state index contributed by atoms with van der Waals surface area (Å²) in [7, 11) is 0. The van der Waals surface area contributed by atoms with Gasteiger partial charge in [-0.25, -0.2) is 0 Å². The summed E-state index contributed by atoms with van der Waals surface area (Å²) in [5, 5.41) is 3.43. The van der Waals surface area contributed by atoms with E-state index in [0.717, 1.165) is 19.6 Å². The van der Waals surface area contributed by atoms with Gasteiger partial charge in [0.1, 0.15) is 0 Å². The van der Waals surface area contributed by atoms with E-state index in [1.165, 1.54) is 23.1 Å². The van der Waals surface area contributed by atoms with Gasteiger partial charge in [0, 0.05) is 0 Å². The molecule has 0 amide bonds. The number of nitrogens with one attached hydrogen (secondary N) is 1. The third-order valence-corrected chi connectivity index (χ3v) is 3.58. The highest BCUT2D eigenvalue weighted by atomic mass is 14.9. The lowest BCUT2D eigenvalue weighted by molar-refractivity contribution is 0.333. The molecule has 0 aliphatic carbocycles. The normalized spacial score (nSPS) is 25.7. The Morgan fingerprint density at radius 2 is 1.94 bits per heavy atom. The maximum absolute atomic E-state index is 5.87. The van der Waals surface area contributed by atoms with Crippen molar-refractivity contribution in [3.8, 4) is 0 Å². The van der Waals surface area contributed by atoms with Crippen molar-refractivity contribution < 1.29 is 0 Å². The minimum atomic E-state index is 0.593. The number of rotatable bonds is 2. The van der Waals surface area contributed by atoms with Crippen LogP contribution in [0.3, 0.4) is 0 Å². The summed E-state index contributed by atoms with van der Waals surface area (Å²) in [6.07, 6.45) is 1.21. The van der Waals surface area contributed by atoms with Crippen LogP contribution in [0.5, 0.6) is 0 Å². The molecule has 2 unspecified atom stereocenters. The van der Waals surface area contributed by atoms with E-state index >= 15 is 0 Å². The van der Waals surface area contributed by atoms with Crippen molar-refractivity contribution in [1.82, 2.24) is 5.32 Å². The van der Waals surface area contributed by atoms with E-state index in [-0.39, 0.29) is 0 Å². The SMILES string of the molecule is Cc1cc(C)cc(C2CCNCC2CN)c1. The lowest BCUT2D eigenvalue weighted by atomic mass is 9.80. The third-order valence-electron chi connectivity index (χ3n) is 3.58. The molecule has 0 aromatic heterocycles. The van der Waals surface area contributed by atoms with Gasteiger partial charge in [-0.05, 0) is 57.3 Å². The topological polar surface area (TPSA) is 38.0 Å². The molecule has 2 atom stereocenters. The van der Waals surface area contributed by atoms with Gasteiger partial charge in [0.25, 0.3) is 0 Å². The molecule has 2 nitrogen and oxygen atoms in total. The first-order chi connectivity index (χ1) is 7.70. The van der Waals surface area contributed by atoms with E-state index in [9.17, 15) is 0 Å². The highest BCUT2D eigenvalue weighted by Gasteiger charge is 2.25. The zero-order valence-electron chi connectivity index (χ0n) is 10.3. The highest BCUT2D eigenvalue weighted by Crippen LogP contribution is 2.30. The lowest BCUT2D eigenvalue weighted by Gasteiger charge is -2.32. The van der Waals surface area contributed by atoms with E-state index in [1.807, 2.05) is 0 Å². The predicted molar refractivity (Wildman–Crippen MR) is 68.7 cm³/mol. The molecule has 2 rings (SSSR count). The molecule has 1 aliphatic heterocycles. The van der Waals surface area contributed by atoms with Crippen LogP contribution in [0.4, 0.5) is 0 Å². The molecule has 0 bridgehead atoms. The molecule has 1 aliphatic rings. The van der Waals surface area contributed by atoms with Crippen molar-refractivity contribution in [3.05, 3.63) is 34.9 Å². The van der Waals surface area contributed by atoms with E-state index in [4.69, 9.17) is 5.73 Å². The van der Waals surface area contributed by atoms with Crippen molar-refractivity contribution in [2.75, 3.05) is 19.6 Å². The maximum atomic E-state index is 5.87. The largest absolute Gasteiger partial charge is 0.330 e. The molecule has 0 radical (unpaired) electrons. The van der Waals surface area contributed by atoms with Gasteiger partial charge < -0.3 is 11.1 Å². The fourth-order valence-corrected chi connectivity index (χ4v) is 2.83. The van der Waals surface area contributed by atoms with Crippen LogP contribution >= 0.6 is 0 Å². The average Bonchev–Trinajstić information content (AvgIpc) is 2.27. The number of benzene rings is 1. The zero-order chi connectivity index (χ0) is 11.5.